The van der Waals surface area contributed by atoms with E-state index in [1.54, 1.807) is 12.1 Å². The first kappa shape index (κ1) is 15.4. The number of nitrogens with zero attached hydrogens (tertiary/aromatic N) is 1. The molecule has 0 amide bonds. The first-order chi connectivity index (χ1) is 10.1. The molecule has 112 valence electrons. The van der Waals surface area contributed by atoms with Gasteiger partial charge in [0.1, 0.15) is 0 Å². The van der Waals surface area contributed by atoms with Crippen molar-refractivity contribution in [1.29, 1.82) is 0 Å². The summed E-state index contributed by atoms with van der Waals surface area (Å²) in [5.74, 6) is -0.169. The Morgan fingerprint density at radius 3 is 2.29 bits per heavy atom. The molecule has 0 atom stereocenters. The molecule has 4 nitrogen and oxygen atoms in total. The molecule has 0 aromatic heterocycles. The zero-order valence-electron chi connectivity index (χ0n) is 12.5. The maximum Gasteiger partial charge on any atom is 0.157 e. The van der Waals surface area contributed by atoms with Gasteiger partial charge in [-0.15, -0.1) is 0 Å². The fourth-order valence-electron chi connectivity index (χ4n) is 2.25. The third-order valence-electron chi connectivity index (χ3n) is 3.29. The summed E-state index contributed by atoms with van der Waals surface area (Å²) in [6.45, 7) is 2.33. The number of nitrogens with one attached hydrogen (secondary N) is 1. The van der Waals surface area contributed by atoms with Crippen molar-refractivity contribution in [1.82, 2.24) is 10.2 Å². The van der Waals surface area contributed by atoms with Crippen molar-refractivity contribution in [3.8, 4) is 11.5 Å². The number of hydrogen-bond donors (Lipinski definition) is 3. The highest BCUT2D eigenvalue weighted by Gasteiger charge is 2.04. The average molecular weight is 286 g/mol. The Kier molecular flexibility index (Phi) is 5.20. The summed E-state index contributed by atoms with van der Waals surface area (Å²) in [4.78, 5) is 2.15. The number of aromatic hydroxyl groups is 2. The van der Waals surface area contributed by atoms with E-state index in [9.17, 15) is 10.2 Å². The van der Waals surface area contributed by atoms with Crippen LogP contribution in [0.2, 0.25) is 0 Å². The van der Waals surface area contributed by atoms with Crippen molar-refractivity contribution in [2.75, 3.05) is 14.1 Å². The van der Waals surface area contributed by atoms with Gasteiger partial charge in [-0.25, -0.2) is 0 Å². The van der Waals surface area contributed by atoms with Gasteiger partial charge in [-0.1, -0.05) is 30.3 Å². The second-order valence-electron chi connectivity index (χ2n) is 5.43. The molecule has 0 radical (unpaired) electrons. The van der Waals surface area contributed by atoms with Gasteiger partial charge in [-0.3, -0.25) is 0 Å². The zero-order valence-corrected chi connectivity index (χ0v) is 12.5. The summed E-state index contributed by atoms with van der Waals surface area (Å²) < 4.78 is 0. The maximum atomic E-state index is 9.48. The van der Waals surface area contributed by atoms with Gasteiger partial charge in [-0.2, -0.15) is 0 Å². The first-order valence-electron chi connectivity index (χ1n) is 6.99. The van der Waals surface area contributed by atoms with Gasteiger partial charge >= 0.3 is 0 Å². The molecule has 0 saturated carbocycles. The highest BCUT2D eigenvalue weighted by molar-refractivity contribution is 5.40. The summed E-state index contributed by atoms with van der Waals surface area (Å²) in [7, 11) is 4.12. The fraction of sp³-hybridized carbons (Fsp3) is 0.294. The third-order valence-corrected chi connectivity index (χ3v) is 3.29. The van der Waals surface area contributed by atoms with E-state index in [1.807, 2.05) is 6.07 Å². The van der Waals surface area contributed by atoms with Crippen LogP contribution in [0.25, 0.3) is 0 Å². The van der Waals surface area contributed by atoms with Crippen LogP contribution in [0.1, 0.15) is 16.7 Å². The van der Waals surface area contributed by atoms with Crippen molar-refractivity contribution in [3.63, 3.8) is 0 Å². The van der Waals surface area contributed by atoms with E-state index in [0.717, 1.165) is 18.7 Å². The van der Waals surface area contributed by atoms with E-state index in [0.29, 0.717) is 6.54 Å². The zero-order chi connectivity index (χ0) is 15.2. The minimum Gasteiger partial charge on any atom is -0.504 e. The monoisotopic (exact) mass is 286 g/mol. The van der Waals surface area contributed by atoms with Crippen LogP contribution in [0, 0.1) is 0 Å². The van der Waals surface area contributed by atoms with Gasteiger partial charge in [0.25, 0.3) is 0 Å². The summed E-state index contributed by atoms with van der Waals surface area (Å²) in [5.41, 5.74) is 3.52. The van der Waals surface area contributed by atoms with Gasteiger partial charge in [0, 0.05) is 19.6 Å². The molecule has 0 fully saturated rings. The van der Waals surface area contributed by atoms with E-state index < -0.39 is 0 Å². The van der Waals surface area contributed by atoms with Crippen LogP contribution in [0.15, 0.2) is 42.5 Å². The molecule has 0 aliphatic heterocycles. The topological polar surface area (TPSA) is 55.7 Å². The van der Waals surface area contributed by atoms with E-state index in [-0.39, 0.29) is 11.5 Å². The summed E-state index contributed by atoms with van der Waals surface area (Å²) in [6.07, 6.45) is 0. The minimum absolute atomic E-state index is 0.0812. The van der Waals surface area contributed by atoms with Gasteiger partial charge in [0.15, 0.2) is 11.5 Å². The van der Waals surface area contributed by atoms with E-state index in [1.165, 1.54) is 17.2 Å². The van der Waals surface area contributed by atoms with Crippen LogP contribution in [0.5, 0.6) is 11.5 Å². The van der Waals surface area contributed by atoms with E-state index in [4.69, 9.17) is 0 Å². The molecule has 0 aliphatic rings. The Morgan fingerprint density at radius 2 is 1.62 bits per heavy atom. The molecule has 0 heterocycles. The normalized spacial score (nSPS) is 11.0. The summed E-state index contributed by atoms with van der Waals surface area (Å²) >= 11 is 0. The van der Waals surface area contributed by atoms with Crippen LogP contribution in [0.4, 0.5) is 0 Å². The van der Waals surface area contributed by atoms with E-state index >= 15 is 0 Å². The van der Waals surface area contributed by atoms with Gasteiger partial charge in [0.05, 0.1) is 0 Å². The molecule has 2 aromatic carbocycles. The predicted octanol–water partition coefficient (Wildman–Crippen LogP) is 2.45. The lowest BCUT2D eigenvalue weighted by atomic mass is 10.1. The van der Waals surface area contributed by atoms with Gasteiger partial charge in [-0.05, 0) is 42.9 Å². The molecule has 2 aromatic rings. The molecule has 0 unspecified atom stereocenters. The lowest BCUT2D eigenvalue weighted by Gasteiger charge is -2.14. The Bertz CT molecular complexity index is 597. The molecule has 0 saturated heterocycles. The quantitative estimate of drug-likeness (QED) is 0.714. The van der Waals surface area contributed by atoms with Crippen LogP contribution in [-0.2, 0) is 19.6 Å². The molecule has 0 bridgehead atoms. The molecular formula is C17H22N2O2. The first-order valence-corrected chi connectivity index (χ1v) is 6.99. The fourth-order valence-corrected chi connectivity index (χ4v) is 2.25. The number of rotatable bonds is 6. The third kappa shape index (κ3) is 4.48. The maximum absolute atomic E-state index is 9.48. The Balaban J connectivity index is 1.95. The molecule has 4 heteroatoms. The van der Waals surface area contributed by atoms with Crippen molar-refractivity contribution >= 4 is 0 Å². The Hall–Kier alpha value is -2.04. The SMILES string of the molecule is CN(C)Cc1ccccc1CNCc1ccc(O)c(O)c1. The summed E-state index contributed by atoms with van der Waals surface area (Å²) in [5, 5.41) is 22.1. The van der Waals surface area contributed by atoms with Crippen LogP contribution in [0.3, 0.4) is 0 Å². The Labute approximate surface area is 125 Å². The lowest BCUT2D eigenvalue weighted by molar-refractivity contribution is 0.400. The molecule has 2 rings (SSSR count). The minimum atomic E-state index is -0.0879. The summed E-state index contributed by atoms with van der Waals surface area (Å²) in [6, 6.07) is 13.3. The van der Waals surface area contributed by atoms with E-state index in [2.05, 4.69) is 42.5 Å². The smallest absolute Gasteiger partial charge is 0.157 e. The average Bonchev–Trinajstić information content (AvgIpc) is 2.44. The molecule has 3 N–H and O–H groups in total. The van der Waals surface area contributed by atoms with Crippen molar-refractivity contribution in [3.05, 3.63) is 59.2 Å². The van der Waals surface area contributed by atoms with Crippen LogP contribution in [-0.4, -0.2) is 29.2 Å². The number of hydrogen-bond acceptors (Lipinski definition) is 4. The number of benzene rings is 2. The molecule has 0 spiro atoms. The second-order valence-corrected chi connectivity index (χ2v) is 5.43. The Morgan fingerprint density at radius 1 is 0.905 bits per heavy atom. The second kappa shape index (κ2) is 7.11. The molecule has 0 aliphatic carbocycles. The van der Waals surface area contributed by atoms with Crippen LogP contribution >= 0.6 is 0 Å². The highest BCUT2D eigenvalue weighted by Crippen LogP contribution is 2.24. The van der Waals surface area contributed by atoms with Crippen molar-refractivity contribution < 1.29 is 10.2 Å². The van der Waals surface area contributed by atoms with Crippen molar-refractivity contribution in [2.45, 2.75) is 19.6 Å². The van der Waals surface area contributed by atoms with Gasteiger partial charge < -0.3 is 20.4 Å². The highest BCUT2D eigenvalue weighted by atomic mass is 16.3. The van der Waals surface area contributed by atoms with Gasteiger partial charge in [0.2, 0.25) is 0 Å². The van der Waals surface area contributed by atoms with Crippen LogP contribution < -0.4 is 5.32 Å². The predicted molar refractivity (Wildman–Crippen MR) is 84.1 cm³/mol. The molecular weight excluding hydrogens is 264 g/mol. The largest absolute Gasteiger partial charge is 0.504 e. The van der Waals surface area contributed by atoms with Crippen molar-refractivity contribution in [2.24, 2.45) is 0 Å². The lowest BCUT2D eigenvalue weighted by Crippen LogP contribution is -2.17. The number of phenolic OH excluding ortho intramolecular Hbond substituents is 2. The number of phenols is 2. The molecule has 21 heavy (non-hydrogen) atoms. The standard InChI is InChI=1S/C17H22N2O2/c1-19(2)12-15-6-4-3-5-14(15)11-18-10-13-7-8-16(20)17(21)9-13/h3-9,18,20-21H,10-12H2,1-2H3.